The molecule has 0 radical (unpaired) electrons. The van der Waals surface area contributed by atoms with Crippen molar-refractivity contribution in [2.75, 3.05) is 25.1 Å². The Morgan fingerprint density at radius 2 is 1.53 bits per heavy atom. The second-order valence-corrected chi connectivity index (χ2v) is 24.1. The number of piperidine rings is 1. The van der Waals surface area contributed by atoms with Gasteiger partial charge in [0.25, 0.3) is 0 Å². The van der Waals surface area contributed by atoms with Gasteiger partial charge in [0.15, 0.2) is 0 Å². The zero-order chi connectivity index (χ0) is 25.4. The van der Waals surface area contributed by atoms with Crippen LogP contribution in [0.3, 0.4) is 0 Å². The Hall–Kier alpha value is -1.41. The van der Waals surface area contributed by atoms with Crippen molar-refractivity contribution in [1.29, 1.82) is 0 Å². The molecule has 0 spiro atoms. The Morgan fingerprint density at radius 3 is 2.08 bits per heavy atom. The predicted octanol–water partition coefficient (Wildman–Crippen LogP) is 5.79. The number of hydrogen-bond donors (Lipinski definition) is 0. The quantitative estimate of drug-likeness (QED) is 0.191. The molecule has 0 N–H and O–H groups in total. The molecule has 0 aliphatic carbocycles. The number of methoxy groups -OCH3 is 1. The van der Waals surface area contributed by atoms with Gasteiger partial charge in [-0.1, -0.05) is 0 Å². The molecule has 2 unspecified atom stereocenters. The summed E-state index contributed by atoms with van der Waals surface area (Å²) < 4.78 is 11.0. The van der Waals surface area contributed by atoms with Crippen LogP contribution in [-0.4, -0.2) is 70.5 Å². The van der Waals surface area contributed by atoms with Crippen LogP contribution in [0.25, 0.3) is 0 Å². The number of rotatable bonds is 15. The molecular formula is C29H47N5OSn. The zero-order valence-electron chi connectivity index (χ0n) is 23.1. The Labute approximate surface area is 223 Å². The summed E-state index contributed by atoms with van der Waals surface area (Å²) in [5.41, 5.74) is 1.26. The molecule has 5 rings (SSSR count). The van der Waals surface area contributed by atoms with Crippen LogP contribution in [0.4, 0.5) is 5.82 Å². The minimum atomic E-state index is -2.53. The Balaban J connectivity index is 1.41. The summed E-state index contributed by atoms with van der Waals surface area (Å²) in [6.07, 6.45) is 17.0. The fraction of sp³-hybridized carbons (Fsp3) is 0.690. The molecule has 0 amide bonds. The monoisotopic (exact) mass is 601 g/mol. The number of hydrogen-bond acceptors (Lipinski definition) is 6. The van der Waals surface area contributed by atoms with E-state index in [4.69, 9.17) is 14.7 Å². The molecule has 3 saturated heterocycles. The van der Waals surface area contributed by atoms with Crippen molar-refractivity contribution >= 4 is 27.9 Å². The van der Waals surface area contributed by atoms with Crippen LogP contribution in [0.2, 0.25) is 13.3 Å². The number of ether oxygens (including phenoxy) is 1. The molecule has 3 fully saturated rings. The number of pyridine rings is 1. The first-order valence-corrected chi connectivity index (χ1v) is 21.9. The van der Waals surface area contributed by atoms with Gasteiger partial charge in [-0.15, -0.1) is 0 Å². The van der Waals surface area contributed by atoms with Gasteiger partial charge in [-0.25, -0.2) is 0 Å². The van der Waals surface area contributed by atoms with Crippen LogP contribution < -0.4 is 13.3 Å². The second-order valence-electron chi connectivity index (χ2n) is 11.0. The third kappa shape index (κ3) is 6.53. The van der Waals surface area contributed by atoms with Gasteiger partial charge in [0, 0.05) is 0 Å². The Kier molecular flexibility index (Phi) is 10.3. The summed E-state index contributed by atoms with van der Waals surface area (Å²) in [4.78, 5) is 19.8. The van der Waals surface area contributed by atoms with Crippen molar-refractivity contribution in [3.8, 4) is 5.88 Å². The van der Waals surface area contributed by atoms with Gasteiger partial charge in [0.05, 0.1) is 7.11 Å². The van der Waals surface area contributed by atoms with Gasteiger partial charge < -0.3 is 4.74 Å². The molecule has 7 heteroatoms. The van der Waals surface area contributed by atoms with Gasteiger partial charge in [-0.3, -0.25) is 0 Å². The molecule has 3 aliphatic rings. The number of piperazine rings is 1. The molecule has 6 nitrogen and oxygen atoms in total. The number of nitrogens with zero attached hydrogens (tertiary/aromatic N) is 5. The van der Waals surface area contributed by atoms with Crippen LogP contribution >= 0.6 is 0 Å². The SMILES string of the molecule is CCCC[CH2][Sn]([CH2]CCC)([CH2]CCC)[c]1cnc(N2CC3CC(C2)N3Cc2ccc(OC)nc2)cn1. The van der Waals surface area contributed by atoms with E-state index in [0.717, 1.165) is 25.5 Å². The molecule has 2 aromatic rings. The van der Waals surface area contributed by atoms with Gasteiger partial charge in [-0.05, 0) is 0 Å². The van der Waals surface area contributed by atoms with Gasteiger partial charge in [0.1, 0.15) is 0 Å². The summed E-state index contributed by atoms with van der Waals surface area (Å²) in [6, 6.07) is 5.28. The van der Waals surface area contributed by atoms with E-state index < -0.39 is 18.4 Å². The van der Waals surface area contributed by atoms with Crippen LogP contribution in [0.5, 0.6) is 5.88 Å². The van der Waals surface area contributed by atoms with E-state index in [9.17, 15) is 0 Å². The van der Waals surface area contributed by atoms with Crippen molar-refractivity contribution in [1.82, 2.24) is 19.9 Å². The molecule has 2 bridgehead atoms. The molecule has 2 atom stereocenters. The third-order valence-corrected chi connectivity index (χ3v) is 23.6. The van der Waals surface area contributed by atoms with E-state index in [2.05, 4.69) is 54.0 Å². The van der Waals surface area contributed by atoms with Gasteiger partial charge >= 0.3 is 206 Å². The molecule has 36 heavy (non-hydrogen) atoms. The van der Waals surface area contributed by atoms with E-state index in [1.807, 2.05) is 12.3 Å². The van der Waals surface area contributed by atoms with E-state index in [0.29, 0.717) is 18.0 Å². The van der Waals surface area contributed by atoms with E-state index >= 15 is 0 Å². The van der Waals surface area contributed by atoms with Crippen LogP contribution in [0.15, 0.2) is 30.7 Å². The molecule has 3 aliphatic heterocycles. The number of unbranched alkanes of at least 4 members (excludes halogenated alkanes) is 4. The average Bonchev–Trinajstić information content (AvgIpc) is 2.93. The molecular weight excluding hydrogens is 553 g/mol. The fourth-order valence-corrected chi connectivity index (χ4v) is 21.0. The number of anilines is 1. The Morgan fingerprint density at radius 1 is 0.833 bits per heavy atom. The average molecular weight is 600 g/mol. The van der Waals surface area contributed by atoms with E-state index in [-0.39, 0.29) is 0 Å². The summed E-state index contributed by atoms with van der Waals surface area (Å²) in [6.45, 7) is 10.1. The maximum atomic E-state index is 5.21. The minimum absolute atomic E-state index is 0.591. The summed E-state index contributed by atoms with van der Waals surface area (Å²) in [5, 5.41) is 0. The summed E-state index contributed by atoms with van der Waals surface area (Å²) in [5.74, 6) is 1.76. The number of fused-ring (bicyclic) bond motifs is 2. The molecule has 198 valence electrons. The van der Waals surface area contributed by atoms with Crippen molar-refractivity contribution in [2.24, 2.45) is 0 Å². The van der Waals surface area contributed by atoms with Crippen LogP contribution in [0.1, 0.15) is 77.7 Å². The molecule has 0 aromatic carbocycles. The predicted molar refractivity (Wildman–Crippen MR) is 152 cm³/mol. The molecule has 5 heterocycles. The molecule has 0 saturated carbocycles. The van der Waals surface area contributed by atoms with E-state index in [1.54, 1.807) is 7.11 Å². The first-order chi connectivity index (χ1) is 17.6. The summed E-state index contributed by atoms with van der Waals surface area (Å²) >= 11 is -2.53. The van der Waals surface area contributed by atoms with Gasteiger partial charge in [-0.2, -0.15) is 0 Å². The fourth-order valence-electron chi connectivity index (χ4n) is 6.23. The Bertz CT molecular complexity index is 902. The number of aromatic nitrogens is 3. The summed E-state index contributed by atoms with van der Waals surface area (Å²) in [7, 11) is 1.66. The van der Waals surface area contributed by atoms with E-state index in [1.165, 1.54) is 74.0 Å². The first-order valence-electron chi connectivity index (χ1n) is 14.4. The zero-order valence-corrected chi connectivity index (χ0v) is 25.9. The van der Waals surface area contributed by atoms with Crippen molar-refractivity contribution in [2.45, 2.75) is 104 Å². The van der Waals surface area contributed by atoms with Crippen LogP contribution in [0, 0.1) is 0 Å². The topological polar surface area (TPSA) is 54.4 Å². The van der Waals surface area contributed by atoms with Gasteiger partial charge in [0.2, 0.25) is 5.88 Å². The normalized spacial score (nSPS) is 19.8. The van der Waals surface area contributed by atoms with Crippen LogP contribution in [-0.2, 0) is 6.54 Å². The first kappa shape index (κ1) is 27.6. The van der Waals surface area contributed by atoms with Crippen molar-refractivity contribution in [3.05, 3.63) is 36.3 Å². The molecule has 2 aromatic heterocycles. The standard InChI is InChI=1S/C16H18N5O.C5H11.2C4H9.Sn/c1-22-16-3-2-12(7-19-16)9-21-13-6-14(21)11-20(10-13)15-8-17-4-5-18-15;1-3-5-4-2;2*1-3-4-2;/h2-3,5,7-8,13-14H,6,9-11H2,1H3;1,3-5H2,2H3;2*1,3-4H2,2H3;. The maximum absolute atomic E-state index is 5.21. The second kappa shape index (κ2) is 13.4. The van der Waals surface area contributed by atoms with Crippen molar-refractivity contribution in [3.63, 3.8) is 0 Å². The van der Waals surface area contributed by atoms with Crippen molar-refractivity contribution < 1.29 is 4.74 Å². The third-order valence-electron chi connectivity index (χ3n) is 8.50.